The average Bonchev–Trinajstić information content (AvgIpc) is 3.51. The molecule has 0 radical (unpaired) electrons. The Morgan fingerprint density at radius 3 is 2.08 bits per heavy atom. The summed E-state index contributed by atoms with van der Waals surface area (Å²) in [4.78, 5) is 0. The minimum absolute atomic E-state index is 0.227. The second kappa shape index (κ2) is 11.8. The van der Waals surface area contributed by atoms with Crippen molar-refractivity contribution >= 4 is 22.0 Å². The highest BCUT2D eigenvalue weighted by molar-refractivity contribution is 6.81. The quantitative estimate of drug-likeness (QED) is 0.206. The summed E-state index contributed by atoms with van der Waals surface area (Å²) < 4.78 is 18.2. The van der Waals surface area contributed by atoms with Gasteiger partial charge < -0.3 is 13.9 Å². The summed E-state index contributed by atoms with van der Waals surface area (Å²) in [7, 11) is -1.49. The summed E-state index contributed by atoms with van der Waals surface area (Å²) in [5.41, 5.74) is 6.73. The molecular formula is C31H48O3Si2. The molecule has 0 aliphatic heterocycles. The maximum Gasteiger partial charge on any atom is 0.191 e. The van der Waals surface area contributed by atoms with Crippen molar-refractivity contribution in [2.45, 2.75) is 71.6 Å². The maximum absolute atomic E-state index is 6.76. The zero-order valence-corrected chi connectivity index (χ0v) is 26.1. The summed E-state index contributed by atoms with van der Waals surface area (Å²) in [5, 5.41) is 0.227. The van der Waals surface area contributed by atoms with Gasteiger partial charge in [-0.15, -0.1) is 0 Å². The van der Waals surface area contributed by atoms with E-state index in [0.29, 0.717) is 24.4 Å². The molecule has 0 aromatic heterocycles. The van der Waals surface area contributed by atoms with Crippen LogP contribution in [-0.4, -0.2) is 36.7 Å². The largest absolute Gasteiger partial charge is 0.497 e. The third kappa shape index (κ3) is 7.91. The Labute approximate surface area is 222 Å². The molecule has 2 aromatic carbocycles. The van der Waals surface area contributed by atoms with Crippen molar-refractivity contribution in [3.05, 3.63) is 71.4 Å². The standard InChI is InChI=1S/C31H48O3Si2/c1-31(2,3)36(8,9)34-22-28-27(19-20-33-21-24-15-17-26(32-4)18-16-24)30(28)29(23-35(5,6)7)25-13-11-10-12-14-25/h10-18,23,27-28,30H,19-22H2,1-9H3/b29-23+. The fraction of sp³-hybridized carbons (Fsp3) is 0.548. The Balaban J connectivity index is 1.72. The summed E-state index contributed by atoms with van der Waals surface area (Å²) in [6.07, 6.45) is 1.07. The molecule has 0 spiro atoms. The van der Waals surface area contributed by atoms with E-state index in [1.54, 1.807) is 12.7 Å². The molecular weight excluding hydrogens is 477 g/mol. The molecule has 0 bridgehead atoms. The predicted octanol–water partition coefficient (Wildman–Crippen LogP) is 8.45. The first-order chi connectivity index (χ1) is 16.8. The molecule has 0 heterocycles. The van der Waals surface area contributed by atoms with Crippen molar-refractivity contribution in [3.8, 4) is 5.75 Å². The molecule has 3 nitrogen and oxygen atoms in total. The number of methoxy groups -OCH3 is 1. The molecule has 5 heteroatoms. The van der Waals surface area contributed by atoms with E-state index >= 15 is 0 Å². The highest BCUT2D eigenvalue weighted by Gasteiger charge is 2.52. The first-order valence-electron chi connectivity index (χ1n) is 13.5. The molecule has 198 valence electrons. The Hall–Kier alpha value is -1.67. The van der Waals surface area contributed by atoms with Gasteiger partial charge in [0.15, 0.2) is 8.32 Å². The third-order valence-electron chi connectivity index (χ3n) is 7.85. The van der Waals surface area contributed by atoms with Crippen LogP contribution in [0, 0.1) is 17.8 Å². The van der Waals surface area contributed by atoms with Crippen LogP contribution in [0.2, 0.25) is 37.8 Å². The van der Waals surface area contributed by atoms with Crippen molar-refractivity contribution in [2.75, 3.05) is 20.3 Å². The van der Waals surface area contributed by atoms with Gasteiger partial charge in [0.25, 0.3) is 0 Å². The van der Waals surface area contributed by atoms with Gasteiger partial charge in [0.1, 0.15) is 5.75 Å². The second-order valence-electron chi connectivity index (χ2n) is 12.9. The topological polar surface area (TPSA) is 27.7 Å². The first-order valence-corrected chi connectivity index (χ1v) is 19.9. The lowest BCUT2D eigenvalue weighted by Crippen LogP contribution is -2.41. The number of hydrogen-bond donors (Lipinski definition) is 0. The molecule has 1 saturated carbocycles. The molecule has 0 amide bonds. The number of ether oxygens (including phenoxy) is 2. The molecule has 1 aliphatic rings. The Morgan fingerprint density at radius 2 is 1.53 bits per heavy atom. The van der Waals surface area contributed by atoms with Gasteiger partial charge in [-0.1, -0.05) is 88.6 Å². The van der Waals surface area contributed by atoms with Gasteiger partial charge >= 0.3 is 0 Å². The van der Waals surface area contributed by atoms with E-state index in [2.05, 4.69) is 102 Å². The summed E-state index contributed by atoms with van der Waals surface area (Å²) in [5.74, 6) is 2.60. The Morgan fingerprint density at radius 1 is 0.889 bits per heavy atom. The van der Waals surface area contributed by atoms with Crippen molar-refractivity contribution < 1.29 is 13.9 Å². The highest BCUT2D eigenvalue weighted by Crippen LogP contribution is 2.57. The van der Waals surface area contributed by atoms with Crippen LogP contribution in [0.15, 0.2) is 60.3 Å². The lowest BCUT2D eigenvalue weighted by atomic mass is 10.0. The minimum atomic E-state index is -1.79. The Kier molecular flexibility index (Phi) is 9.48. The van der Waals surface area contributed by atoms with E-state index in [0.717, 1.165) is 25.4 Å². The molecule has 3 unspecified atom stereocenters. The van der Waals surface area contributed by atoms with Crippen LogP contribution < -0.4 is 4.74 Å². The van der Waals surface area contributed by atoms with Gasteiger partial charge in [0.05, 0.1) is 21.8 Å². The lowest BCUT2D eigenvalue weighted by Gasteiger charge is -2.36. The normalized spacial score (nSPS) is 20.9. The molecule has 3 rings (SSSR count). The van der Waals surface area contributed by atoms with E-state index in [-0.39, 0.29) is 5.04 Å². The molecule has 36 heavy (non-hydrogen) atoms. The molecule has 0 N–H and O–H groups in total. The van der Waals surface area contributed by atoms with Gasteiger partial charge in [-0.2, -0.15) is 0 Å². The SMILES string of the molecule is COc1ccc(COCCC2C(CO[Si](C)(C)C(C)(C)C)C2/C(=C/[Si](C)(C)C)c2ccccc2)cc1. The van der Waals surface area contributed by atoms with Crippen LogP contribution in [0.3, 0.4) is 0 Å². The van der Waals surface area contributed by atoms with E-state index in [1.165, 1.54) is 11.1 Å². The van der Waals surface area contributed by atoms with Crippen molar-refractivity contribution in [1.29, 1.82) is 0 Å². The third-order valence-corrected chi connectivity index (χ3v) is 13.5. The van der Waals surface area contributed by atoms with Gasteiger partial charge in [-0.3, -0.25) is 0 Å². The zero-order valence-electron chi connectivity index (χ0n) is 24.1. The van der Waals surface area contributed by atoms with Crippen LogP contribution in [0.25, 0.3) is 5.57 Å². The predicted molar refractivity (Wildman–Crippen MR) is 159 cm³/mol. The van der Waals surface area contributed by atoms with E-state index in [9.17, 15) is 0 Å². The van der Waals surface area contributed by atoms with Crippen LogP contribution in [0.5, 0.6) is 5.75 Å². The van der Waals surface area contributed by atoms with Crippen molar-refractivity contribution in [1.82, 2.24) is 0 Å². The molecule has 2 aromatic rings. The molecule has 3 atom stereocenters. The van der Waals surface area contributed by atoms with E-state index in [1.807, 2.05) is 12.1 Å². The number of rotatable bonds is 12. The van der Waals surface area contributed by atoms with E-state index in [4.69, 9.17) is 13.9 Å². The van der Waals surface area contributed by atoms with Gasteiger partial charge in [0.2, 0.25) is 0 Å². The van der Waals surface area contributed by atoms with Crippen molar-refractivity contribution in [3.63, 3.8) is 0 Å². The lowest BCUT2D eigenvalue weighted by molar-refractivity contribution is 0.112. The number of allylic oxidation sites excluding steroid dienone is 1. The second-order valence-corrected chi connectivity index (χ2v) is 22.8. The molecule has 0 saturated heterocycles. The minimum Gasteiger partial charge on any atom is -0.497 e. The van der Waals surface area contributed by atoms with Gasteiger partial charge in [0, 0.05) is 13.2 Å². The zero-order chi connectivity index (χ0) is 26.6. The molecule has 1 fully saturated rings. The number of hydrogen-bond acceptors (Lipinski definition) is 3. The first kappa shape index (κ1) is 28.9. The fourth-order valence-corrected chi connectivity index (χ4v) is 6.98. The highest BCUT2D eigenvalue weighted by atomic mass is 28.4. The van der Waals surface area contributed by atoms with Crippen molar-refractivity contribution in [2.24, 2.45) is 17.8 Å². The molecule has 1 aliphatic carbocycles. The van der Waals surface area contributed by atoms with Crippen LogP contribution in [0.4, 0.5) is 0 Å². The van der Waals surface area contributed by atoms with E-state index < -0.39 is 16.4 Å². The van der Waals surface area contributed by atoms with Crippen LogP contribution >= 0.6 is 0 Å². The summed E-state index contributed by atoms with van der Waals surface area (Å²) >= 11 is 0. The van der Waals surface area contributed by atoms with Crippen LogP contribution in [0.1, 0.15) is 38.3 Å². The summed E-state index contributed by atoms with van der Waals surface area (Å²) in [6.45, 7) is 21.3. The van der Waals surface area contributed by atoms with Gasteiger partial charge in [-0.25, -0.2) is 0 Å². The fourth-order valence-electron chi connectivity index (χ4n) is 4.65. The average molecular weight is 525 g/mol. The van der Waals surface area contributed by atoms with Crippen LogP contribution in [-0.2, 0) is 15.8 Å². The van der Waals surface area contributed by atoms with Gasteiger partial charge in [-0.05, 0) is 71.1 Å². The monoisotopic (exact) mass is 524 g/mol. The smallest absolute Gasteiger partial charge is 0.191 e. The number of benzene rings is 2. The maximum atomic E-state index is 6.76. The Bertz CT molecular complexity index is 985. The summed E-state index contributed by atoms with van der Waals surface area (Å²) in [6, 6.07) is 19.2.